The van der Waals surface area contributed by atoms with E-state index in [4.69, 9.17) is 21.9 Å². The van der Waals surface area contributed by atoms with Crippen LogP contribution >= 0.6 is 0 Å². The first-order valence-corrected chi connectivity index (χ1v) is 13.7. The lowest BCUT2D eigenvalue weighted by Crippen LogP contribution is -2.49. The highest BCUT2D eigenvalue weighted by molar-refractivity contribution is 6.37. The Morgan fingerprint density at radius 3 is 2.35 bits per heavy atom. The van der Waals surface area contributed by atoms with Crippen LogP contribution in [0.4, 0.5) is 5.82 Å². The average molecular weight is 537 g/mol. The smallest absolute Gasteiger partial charge is 0.202 e. The van der Waals surface area contributed by atoms with Gasteiger partial charge in [-0.2, -0.15) is 9.61 Å². The van der Waals surface area contributed by atoms with Crippen molar-refractivity contribution in [2.24, 2.45) is 5.73 Å². The first-order chi connectivity index (χ1) is 19.4. The number of nitrogen functional groups attached to an aromatic ring is 1. The first kappa shape index (κ1) is 25.7. The van der Waals surface area contributed by atoms with Crippen LogP contribution in [0.3, 0.4) is 0 Å². The lowest BCUT2D eigenvalue weighted by molar-refractivity contribution is -0.136. The fraction of sp³-hybridized carbons (Fsp3) is 0.333. The minimum absolute atomic E-state index is 0.0151. The summed E-state index contributed by atoms with van der Waals surface area (Å²) in [6.45, 7) is 1.68. The first-order valence-electron chi connectivity index (χ1n) is 13.7. The highest BCUT2D eigenvalue weighted by Gasteiger charge is 2.43. The van der Waals surface area contributed by atoms with Crippen molar-refractivity contribution in [1.29, 1.82) is 5.41 Å². The van der Waals surface area contributed by atoms with Crippen LogP contribution in [0.5, 0.6) is 0 Å². The Labute approximate surface area is 231 Å². The van der Waals surface area contributed by atoms with Gasteiger partial charge in [-0.15, -0.1) is 0 Å². The number of pyridine rings is 1. The molecule has 0 radical (unpaired) electrons. The van der Waals surface area contributed by atoms with Crippen LogP contribution in [0.15, 0.2) is 54.9 Å². The van der Waals surface area contributed by atoms with Crippen LogP contribution in [0, 0.1) is 5.41 Å². The van der Waals surface area contributed by atoms with E-state index in [1.54, 1.807) is 23.8 Å². The molecule has 0 aliphatic carbocycles. The number of ketones is 2. The molecule has 2 unspecified atom stereocenters. The van der Waals surface area contributed by atoms with Gasteiger partial charge in [-0.05, 0) is 31.7 Å². The van der Waals surface area contributed by atoms with Crippen LogP contribution < -0.4 is 11.5 Å². The Hall–Kier alpha value is -4.60. The van der Waals surface area contributed by atoms with Gasteiger partial charge in [0, 0.05) is 59.3 Å². The predicted octanol–water partition coefficient (Wildman–Crippen LogP) is 3.74. The number of guanidine groups is 1. The summed E-state index contributed by atoms with van der Waals surface area (Å²) in [6.07, 6.45) is 6.96. The second kappa shape index (κ2) is 10.2. The molecule has 6 rings (SSSR count). The Balaban J connectivity index is 1.43. The number of hydrogen-bond donors (Lipinski definition) is 3. The number of rotatable bonds is 7. The molecule has 204 valence electrons. The number of hydrogen-bond acceptors (Lipinski definition) is 7. The molecule has 0 spiro atoms. The second-order valence-corrected chi connectivity index (χ2v) is 10.7. The summed E-state index contributed by atoms with van der Waals surface area (Å²) in [4.78, 5) is 36.8. The Morgan fingerprint density at radius 1 is 1.00 bits per heavy atom. The molecule has 1 aromatic carbocycles. The summed E-state index contributed by atoms with van der Waals surface area (Å²) >= 11 is 0. The number of aromatic nitrogens is 4. The van der Waals surface area contributed by atoms with Crippen LogP contribution in [0.25, 0.3) is 28.0 Å². The highest BCUT2D eigenvalue weighted by atomic mass is 16.2. The summed E-state index contributed by atoms with van der Waals surface area (Å²) in [6, 6.07) is 14.2. The Morgan fingerprint density at radius 2 is 1.73 bits per heavy atom. The second-order valence-electron chi connectivity index (χ2n) is 10.7. The topological polar surface area (TPSA) is 156 Å². The molecule has 2 saturated heterocycles. The van der Waals surface area contributed by atoms with Gasteiger partial charge in [0.15, 0.2) is 17.4 Å². The van der Waals surface area contributed by atoms with Crippen molar-refractivity contribution in [1.82, 2.24) is 24.5 Å². The molecule has 10 heteroatoms. The maximum absolute atomic E-state index is 12.8. The summed E-state index contributed by atoms with van der Waals surface area (Å²) in [5.41, 5.74) is 18.0. The van der Waals surface area contributed by atoms with E-state index in [2.05, 4.69) is 10.1 Å². The minimum Gasteiger partial charge on any atom is -0.383 e. The number of carbonyl (C=O) groups is 2. The van der Waals surface area contributed by atoms with Crippen LogP contribution in [-0.4, -0.2) is 54.1 Å². The third-order valence-electron chi connectivity index (χ3n) is 8.33. The van der Waals surface area contributed by atoms with Gasteiger partial charge in [0.05, 0.1) is 17.6 Å². The maximum Gasteiger partial charge on any atom is 0.202 e. The van der Waals surface area contributed by atoms with Crippen molar-refractivity contribution in [3.05, 3.63) is 66.1 Å². The molecule has 5 N–H and O–H groups in total. The van der Waals surface area contributed by atoms with E-state index in [1.807, 2.05) is 47.4 Å². The molecular weight excluding hydrogens is 504 g/mol. The normalized spacial score (nSPS) is 20.1. The third kappa shape index (κ3) is 4.39. The van der Waals surface area contributed by atoms with Crippen molar-refractivity contribution in [3.8, 4) is 22.4 Å². The zero-order valence-corrected chi connectivity index (χ0v) is 22.4. The quantitative estimate of drug-likeness (QED) is 0.183. The molecule has 10 nitrogen and oxygen atoms in total. The van der Waals surface area contributed by atoms with Gasteiger partial charge in [0.2, 0.25) is 5.78 Å². The zero-order chi connectivity index (χ0) is 28.0. The minimum atomic E-state index is -0.478. The molecule has 5 heterocycles. The number of Topliss-reactive ketones (excluding diaryl/α,β-unsaturated/α-hetero) is 2. The largest absolute Gasteiger partial charge is 0.383 e. The molecule has 0 saturated carbocycles. The number of benzene rings is 1. The average Bonchev–Trinajstić information content (AvgIpc) is 3.52. The van der Waals surface area contributed by atoms with E-state index < -0.39 is 11.6 Å². The SMILES string of the molecule is CCC(=O)C(=O)Cc1c(C2CC3CCC(C2)N3C(=N)N)nc2c(-c3ccc(-c4ccccc4)nc3)cnn2c1N. The monoisotopic (exact) mass is 536 g/mol. The summed E-state index contributed by atoms with van der Waals surface area (Å²) < 4.78 is 1.56. The lowest BCUT2D eigenvalue weighted by atomic mass is 9.85. The van der Waals surface area contributed by atoms with Gasteiger partial charge in [-0.3, -0.25) is 20.0 Å². The van der Waals surface area contributed by atoms with E-state index in [-0.39, 0.29) is 36.8 Å². The van der Waals surface area contributed by atoms with Gasteiger partial charge in [-0.25, -0.2) is 4.98 Å². The van der Waals surface area contributed by atoms with Crippen LogP contribution in [0.1, 0.15) is 56.2 Å². The zero-order valence-electron chi connectivity index (χ0n) is 22.4. The van der Waals surface area contributed by atoms with E-state index in [0.29, 0.717) is 17.0 Å². The summed E-state index contributed by atoms with van der Waals surface area (Å²) in [5.74, 6) is -0.473. The molecular formula is C30H32N8O2. The van der Waals surface area contributed by atoms with Crippen LogP contribution in [-0.2, 0) is 16.0 Å². The van der Waals surface area contributed by atoms with Crippen molar-refractivity contribution < 1.29 is 9.59 Å². The number of nitrogens with two attached hydrogens (primary N) is 2. The molecule has 3 aromatic heterocycles. The van der Waals surface area contributed by atoms with Crippen molar-refractivity contribution >= 4 is 29.0 Å². The Bertz CT molecular complexity index is 1600. The summed E-state index contributed by atoms with van der Waals surface area (Å²) in [7, 11) is 0. The molecule has 2 aliphatic rings. The fourth-order valence-electron chi connectivity index (χ4n) is 6.37. The number of fused-ring (bicyclic) bond motifs is 3. The number of anilines is 1. The summed E-state index contributed by atoms with van der Waals surface area (Å²) in [5, 5.41) is 12.6. The number of piperidine rings is 1. The standard InChI is InChI=1S/C30H32N8O2/c1-2-25(39)26(40)14-22-27(19-12-20-9-10-21(13-19)37(20)30(32)33)36-29-23(16-35-38(29)28(22)31)18-8-11-24(34-15-18)17-6-4-3-5-7-17/h3-8,11,15-16,19-21H,2,9-10,12-14,31H2,1H3,(H3,32,33). The van der Waals surface area contributed by atoms with Gasteiger partial charge >= 0.3 is 0 Å². The maximum atomic E-state index is 12.8. The van der Waals surface area contributed by atoms with Gasteiger partial charge in [0.1, 0.15) is 5.82 Å². The van der Waals surface area contributed by atoms with E-state index >= 15 is 0 Å². The molecule has 0 amide bonds. The highest BCUT2D eigenvalue weighted by Crippen LogP contribution is 2.44. The predicted molar refractivity (Wildman–Crippen MR) is 153 cm³/mol. The van der Waals surface area contributed by atoms with Gasteiger partial charge in [0.25, 0.3) is 0 Å². The molecule has 2 fully saturated rings. The molecule has 2 atom stereocenters. The number of carbonyl (C=O) groups excluding carboxylic acids is 2. The molecule has 40 heavy (non-hydrogen) atoms. The lowest BCUT2D eigenvalue weighted by Gasteiger charge is -2.39. The van der Waals surface area contributed by atoms with Crippen LogP contribution in [0.2, 0.25) is 0 Å². The van der Waals surface area contributed by atoms with E-state index in [0.717, 1.165) is 53.8 Å². The van der Waals surface area contributed by atoms with Crippen molar-refractivity contribution in [2.45, 2.75) is 63.5 Å². The molecule has 2 bridgehead atoms. The Kier molecular flexibility index (Phi) is 6.53. The number of nitrogens with one attached hydrogen (secondary N) is 1. The van der Waals surface area contributed by atoms with Gasteiger partial charge < -0.3 is 16.4 Å². The molecule has 2 aliphatic heterocycles. The molecule has 4 aromatic rings. The van der Waals surface area contributed by atoms with Crippen molar-refractivity contribution in [3.63, 3.8) is 0 Å². The number of nitrogens with zero attached hydrogens (tertiary/aromatic N) is 5. The van der Waals surface area contributed by atoms with Crippen molar-refractivity contribution in [2.75, 3.05) is 5.73 Å². The third-order valence-corrected chi connectivity index (χ3v) is 8.33. The van der Waals surface area contributed by atoms with E-state index in [9.17, 15) is 9.59 Å². The van der Waals surface area contributed by atoms with Gasteiger partial charge in [-0.1, -0.05) is 43.3 Å². The fourth-order valence-corrected chi connectivity index (χ4v) is 6.37. The van der Waals surface area contributed by atoms with E-state index in [1.165, 1.54) is 0 Å².